The lowest BCUT2D eigenvalue weighted by molar-refractivity contribution is 0.0932. The minimum absolute atomic E-state index is 0.0437. The van der Waals surface area contributed by atoms with Crippen LogP contribution in [-0.2, 0) is 0 Å². The molecule has 1 atom stereocenters. The van der Waals surface area contributed by atoms with Crippen LogP contribution in [0.5, 0.6) is 0 Å². The zero-order valence-electron chi connectivity index (χ0n) is 7.53. The molecule has 0 N–H and O–H groups in total. The van der Waals surface area contributed by atoms with Crippen LogP contribution in [-0.4, -0.2) is 5.78 Å². The van der Waals surface area contributed by atoms with Crippen LogP contribution < -0.4 is 0 Å². The van der Waals surface area contributed by atoms with Crippen molar-refractivity contribution in [3.8, 4) is 6.07 Å². The van der Waals surface area contributed by atoms with Crippen molar-refractivity contribution in [1.82, 2.24) is 0 Å². The van der Waals surface area contributed by atoms with Gasteiger partial charge in [-0.3, -0.25) is 4.79 Å². The summed E-state index contributed by atoms with van der Waals surface area (Å²) in [6.07, 6.45) is 0.285. The molecule has 66 valence electrons. The molecule has 0 heterocycles. The van der Waals surface area contributed by atoms with Gasteiger partial charge in [0.1, 0.15) is 0 Å². The molecule has 13 heavy (non-hydrogen) atoms. The third-order valence-electron chi connectivity index (χ3n) is 1.90. The number of carbonyl (C=O) groups is 1. The lowest BCUT2D eigenvalue weighted by Crippen LogP contribution is -2.10. The van der Waals surface area contributed by atoms with Crippen LogP contribution in [0, 0.1) is 17.2 Å². The van der Waals surface area contributed by atoms with E-state index in [1.165, 1.54) is 0 Å². The Bertz CT molecular complexity index is 324. The summed E-state index contributed by atoms with van der Waals surface area (Å²) in [6, 6.07) is 11.1. The normalized spacial score (nSPS) is 11.7. The quantitative estimate of drug-likeness (QED) is 0.658. The van der Waals surface area contributed by atoms with Gasteiger partial charge in [0.25, 0.3) is 0 Å². The maximum atomic E-state index is 11.6. The molecule has 0 bridgehead atoms. The molecule has 0 saturated carbocycles. The van der Waals surface area contributed by atoms with Gasteiger partial charge in [0.15, 0.2) is 5.78 Å². The fourth-order valence-electron chi connectivity index (χ4n) is 1.12. The van der Waals surface area contributed by atoms with Crippen molar-refractivity contribution in [3.63, 3.8) is 0 Å². The molecule has 2 heteroatoms. The second kappa shape index (κ2) is 4.42. The fraction of sp³-hybridized carbons (Fsp3) is 0.273. The number of nitrogens with zero attached hydrogens (tertiary/aromatic N) is 1. The van der Waals surface area contributed by atoms with E-state index in [-0.39, 0.29) is 18.1 Å². The monoisotopic (exact) mass is 173 g/mol. The van der Waals surface area contributed by atoms with E-state index in [4.69, 9.17) is 5.26 Å². The Labute approximate surface area is 77.8 Å². The minimum atomic E-state index is -0.201. The first kappa shape index (κ1) is 9.47. The molecule has 0 aliphatic heterocycles. The molecule has 0 saturated heterocycles. The Kier molecular flexibility index (Phi) is 3.22. The van der Waals surface area contributed by atoms with Crippen LogP contribution in [0.2, 0.25) is 0 Å². The van der Waals surface area contributed by atoms with Gasteiger partial charge in [-0.2, -0.15) is 5.26 Å². The first-order valence-electron chi connectivity index (χ1n) is 4.22. The van der Waals surface area contributed by atoms with Crippen LogP contribution in [0.4, 0.5) is 0 Å². The molecular weight excluding hydrogens is 162 g/mol. The van der Waals surface area contributed by atoms with E-state index in [2.05, 4.69) is 0 Å². The molecule has 0 aromatic heterocycles. The smallest absolute Gasteiger partial charge is 0.166 e. The van der Waals surface area contributed by atoms with E-state index in [0.717, 1.165) is 0 Å². The highest BCUT2D eigenvalue weighted by Crippen LogP contribution is 2.10. The topological polar surface area (TPSA) is 40.9 Å². The summed E-state index contributed by atoms with van der Waals surface area (Å²) in [5.74, 6) is -0.158. The Morgan fingerprint density at radius 3 is 2.62 bits per heavy atom. The van der Waals surface area contributed by atoms with Gasteiger partial charge in [0.05, 0.1) is 6.07 Å². The lowest BCUT2D eigenvalue weighted by atomic mass is 9.97. The van der Waals surface area contributed by atoms with Crippen molar-refractivity contribution in [2.75, 3.05) is 0 Å². The number of hydrogen-bond donors (Lipinski definition) is 0. The number of rotatable bonds is 3. The Morgan fingerprint density at radius 1 is 1.46 bits per heavy atom. The molecule has 1 aromatic rings. The van der Waals surface area contributed by atoms with Crippen molar-refractivity contribution in [2.45, 2.75) is 13.3 Å². The van der Waals surface area contributed by atoms with Crippen LogP contribution in [0.3, 0.4) is 0 Å². The average Bonchev–Trinajstić information content (AvgIpc) is 2.18. The van der Waals surface area contributed by atoms with Gasteiger partial charge in [-0.1, -0.05) is 37.3 Å². The molecular formula is C11H11NO. The maximum Gasteiger partial charge on any atom is 0.166 e. The van der Waals surface area contributed by atoms with Crippen molar-refractivity contribution in [2.24, 2.45) is 5.92 Å². The largest absolute Gasteiger partial charge is 0.294 e. The number of hydrogen-bond acceptors (Lipinski definition) is 2. The summed E-state index contributed by atoms with van der Waals surface area (Å²) in [5, 5.41) is 8.43. The lowest BCUT2D eigenvalue weighted by Gasteiger charge is -2.04. The molecule has 0 spiro atoms. The zero-order chi connectivity index (χ0) is 9.68. The van der Waals surface area contributed by atoms with Crippen LogP contribution in [0.15, 0.2) is 30.3 Å². The Hall–Kier alpha value is -1.62. The Morgan fingerprint density at radius 2 is 2.08 bits per heavy atom. The molecule has 0 amide bonds. The third-order valence-corrected chi connectivity index (χ3v) is 1.90. The van der Waals surface area contributed by atoms with Gasteiger partial charge in [-0.15, -0.1) is 0 Å². The average molecular weight is 173 g/mol. The van der Waals surface area contributed by atoms with Gasteiger partial charge in [0, 0.05) is 17.9 Å². The van der Waals surface area contributed by atoms with Crippen LogP contribution >= 0.6 is 0 Å². The first-order chi connectivity index (χ1) is 6.25. The second-order valence-electron chi connectivity index (χ2n) is 2.99. The van der Waals surface area contributed by atoms with Gasteiger partial charge in [0.2, 0.25) is 0 Å². The van der Waals surface area contributed by atoms with Crippen LogP contribution in [0.25, 0.3) is 0 Å². The van der Waals surface area contributed by atoms with E-state index < -0.39 is 0 Å². The molecule has 1 aromatic carbocycles. The van der Waals surface area contributed by atoms with Crippen LogP contribution in [0.1, 0.15) is 23.7 Å². The highest BCUT2D eigenvalue weighted by atomic mass is 16.1. The number of ketones is 1. The van der Waals surface area contributed by atoms with E-state index in [1.807, 2.05) is 24.3 Å². The van der Waals surface area contributed by atoms with Gasteiger partial charge in [-0.05, 0) is 0 Å². The summed E-state index contributed by atoms with van der Waals surface area (Å²) >= 11 is 0. The number of nitriles is 1. The maximum absolute atomic E-state index is 11.6. The van der Waals surface area contributed by atoms with Gasteiger partial charge in [-0.25, -0.2) is 0 Å². The summed E-state index contributed by atoms with van der Waals surface area (Å²) in [5.41, 5.74) is 0.685. The molecule has 0 aliphatic carbocycles. The SMILES string of the molecule is C[C@@H](CC#N)C(=O)c1ccccc1. The summed E-state index contributed by atoms with van der Waals surface area (Å²) in [4.78, 5) is 11.6. The van der Waals surface area contributed by atoms with E-state index in [9.17, 15) is 4.79 Å². The predicted octanol–water partition coefficient (Wildman–Crippen LogP) is 2.42. The number of Topliss-reactive ketones (excluding diaryl/α,β-unsaturated/α-hetero) is 1. The molecule has 0 radical (unpaired) electrons. The van der Waals surface area contributed by atoms with Crippen molar-refractivity contribution < 1.29 is 4.79 Å². The molecule has 0 aliphatic rings. The third kappa shape index (κ3) is 2.41. The number of carbonyl (C=O) groups excluding carboxylic acids is 1. The molecule has 0 fully saturated rings. The standard InChI is InChI=1S/C11H11NO/c1-9(7-8-12)11(13)10-5-3-2-4-6-10/h2-6,9H,7H2,1H3/t9-/m0/s1. The molecule has 0 unspecified atom stereocenters. The van der Waals surface area contributed by atoms with E-state index in [0.29, 0.717) is 5.56 Å². The highest BCUT2D eigenvalue weighted by Gasteiger charge is 2.13. The van der Waals surface area contributed by atoms with Gasteiger partial charge < -0.3 is 0 Å². The first-order valence-corrected chi connectivity index (χ1v) is 4.22. The summed E-state index contributed by atoms with van der Waals surface area (Å²) in [6.45, 7) is 1.78. The Balaban J connectivity index is 2.75. The molecule has 1 rings (SSSR count). The summed E-state index contributed by atoms with van der Waals surface area (Å²) in [7, 11) is 0. The number of benzene rings is 1. The van der Waals surface area contributed by atoms with E-state index >= 15 is 0 Å². The fourth-order valence-corrected chi connectivity index (χ4v) is 1.12. The molecule has 2 nitrogen and oxygen atoms in total. The van der Waals surface area contributed by atoms with Crippen molar-refractivity contribution in [1.29, 1.82) is 5.26 Å². The van der Waals surface area contributed by atoms with Crippen molar-refractivity contribution in [3.05, 3.63) is 35.9 Å². The van der Waals surface area contributed by atoms with Crippen molar-refractivity contribution >= 4 is 5.78 Å². The summed E-state index contributed by atoms with van der Waals surface area (Å²) < 4.78 is 0. The second-order valence-corrected chi connectivity index (χ2v) is 2.99. The zero-order valence-corrected chi connectivity index (χ0v) is 7.53. The van der Waals surface area contributed by atoms with Gasteiger partial charge >= 0.3 is 0 Å². The van der Waals surface area contributed by atoms with E-state index in [1.54, 1.807) is 19.1 Å². The highest BCUT2D eigenvalue weighted by molar-refractivity contribution is 5.97. The minimum Gasteiger partial charge on any atom is -0.294 e. The predicted molar refractivity (Wildman–Crippen MR) is 50.2 cm³/mol.